The average Bonchev–Trinajstić information content (AvgIpc) is 2.37. The Morgan fingerprint density at radius 3 is 2.75 bits per heavy atom. The Hall–Kier alpha value is -1.79. The summed E-state index contributed by atoms with van der Waals surface area (Å²) in [5, 5.41) is 14.3. The highest BCUT2D eigenvalue weighted by Crippen LogP contribution is 2.19. The SMILES string of the molecule is CCOCCCNC(=O)Nc1cc(Cl)cc(C(=O)O)c1. The summed E-state index contributed by atoms with van der Waals surface area (Å²) in [6.45, 7) is 3.60. The minimum Gasteiger partial charge on any atom is -0.478 e. The van der Waals surface area contributed by atoms with Crippen molar-refractivity contribution in [1.82, 2.24) is 5.32 Å². The molecule has 3 N–H and O–H groups in total. The van der Waals surface area contributed by atoms with E-state index in [0.29, 0.717) is 31.9 Å². The molecule has 1 rings (SSSR count). The molecular formula is C13H17ClN2O4. The van der Waals surface area contributed by atoms with Crippen molar-refractivity contribution in [3.8, 4) is 0 Å². The summed E-state index contributed by atoms with van der Waals surface area (Å²) in [7, 11) is 0. The molecule has 0 aliphatic heterocycles. The molecule has 0 fully saturated rings. The fraction of sp³-hybridized carbons (Fsp3) is 0.385. The number of hydrogen-bond acceptors (Lipinski definition) is 3. The number of carbonyl (C=O) groups is 2. The normalized spacial score (nSPS) is 10.1. The van der Waals surface area contributed by atoms with Gasteiger partial charge >= 0.3 is 12.0 Å². The average molecular weight is 301 g/mol. The van der Waals surface area contributed by atoms with Gasteiger partial charge in [0.1, 0.15) is 0 Å². The van der Waals surface area contributed by atoms with Crippen LogP contribution in [0.2, 0.25) is 5.02 Å². The monoisotopic (exact) mass is 300 g/mol. The molecule has 0 saturated carbocycles. The molecule has 7 heteroatoms. The molecule has 0 radical (unpaired) electrons. The van der Waals surface area contributed by atoms with Gasteiger partial charge in [-0.1, -0.05) is 11.6 Å². The predicted molar refractivity (Wildman–Crippen MR) is 76.5 cm³/mol. The summed E-state index contributed by atoms with van der Waals surface area (Å²) in [6.07, 6.45) is 0.706. The van der Waals surface area contributed by atoms with E-state index in [1.54, 1.807) is 0 Å². The topological polar surface area (TPSA) is 87.7 Å². The number of carbonyl (C=O) groups excluding carboxylic acids is 1. The molecule has 0 saturated heterocycles. The number of aromatic carboxylic acids is 1. The lowest BCUT2D eigenvalue weighted by Gasteiger charge is -2.09. The van der Waals surface area contributed by atoms with Crippen molar-refractivity contribution >= 4 is 29.3 Å². The molecule has 2 amide bonds. The van der Waals surface area contributed by atoms with Crippen LogP contribution in [0.4, 0.5) is 10.5 Å². The van der Waals surface area contributed by atoms with Gasteiger partial charge in [-0.25, -0.2) is 9.59 Å². The van der Waals surface area contributed by atoms with E-state index < -0.39 is 12.0 Å². The second-order valence-corrected chi connectivity index (χ2v) is 4.40. The van der Waals surface area contributed by atoms with Crippen molar-refractivity contribution in [2.75, 3.05) is 25.1 Å². The van der Waals surface area contributed by atoms with Crippen LogP contribution >= 0.6 is 11.6 Å². The number of ether oxygens (including phenoxy) is 1. The van der Waals surface area contributed by atoms with Gasteiger partial charge in [0.05, 0.1) is 5.56 Å². The minimum atomic E-state index is -1.10. The maximum atomic E-state index is 11.6. The molecule has 1 aromatic rings. The second-order valence-electron chi connectivity index (χ2n) is 3.97. The zero-order valence-electron chi connectivity index (χ0n) is 11.1. The Kier molecular flexibility index (Phi) is 6.83. The van der Waals surface area contributed by atoms with Crippen LogP contribution in [-0.2, 0) is 4.74 Å². The third kappa shape index (κ3) is 5.90. The molecular weight excluding hydrogens is 284 g/mol. The first-order valence-electron chi connectivity index (χ1n) is 6.19. The van der Waals surface area contributed by atoms with E-state index in [0.717, 1.165) is 0 Å². The maximum absolute atomic E-state index is 11.6. The van der Waals surface area contributed by atoms with Crippen LogP contribution < -0.4 is 10.6 Å². The van der Waals surface area contributed by atoms with Crippen molar-refractivity contribution < 1.29 is 19.4 Å². The third-order valence-electron chi connectivity index (χ3n) is 2.36. The van der Waals surface area contributed by atoms with Crippen LogP contribution in [0.1, 0.15) is 23.7 Å². The lowest BCUT2D eigenvalue weighted by Crippen LogP contribution is -2.30. The van der Waals surface area contributed by atoms with Gasteiger partial charge in [0.25, 0.3) is 0 Å². The van der Waals surface area contributed by atoms with Gasteiger partial charge in [-0.05, 0) is 31.5 Å². The summed E-state index contributed by atoms with van der Waals surface area (Å²) in [5.74, 6) is -1.10. The molecule has 6 nitrogen and oxygen atoms in total. The van der Waals surface area contributed by atoms with Crippen LogP contribution in [0.25, 0.3) is 0 Å². The number of urea groups is 1. The van der Waals surface area contributed by atoms with Crippen molar-refractivity contribution in [2.45, 2.75) is 13.3 Å². The number of hydrogen-bond donors (Lipinski definition) is 3. The van der Waals surface area contributed by atoms with E-state index in [4.69, 9.17) is 21.4 Å². The maximum Gasteiger partial charge on any atom is 0.335 e. The Morgan fingerprint density at radius 2 is 2.10 bits per heavy atom. The van der Waals surface area contributed by atoms with E-state index in [2.05, 4.69) is 10.6 Å². The number of amides is 2. The molecule has 0 heterocycles. The van der Waals surface area contributed by atoms with Crippen LogP contribution in [0.15, 0.2) is 18.2 Å². The molecule has 0 unspecified atom stereocenters. The molecule has 0 atom stereocenters. The quantitative estimate of drug-likeness (QED) is 0.675. The largest absolute Gasteiger partial charge is 0.478 e. The number of anilines is 1. The first-order chi connectivity index (χ1) is 9.52. The Labute approximate surface area is 122 Å². The highest BCUT2D eigenvalue weighted by Gasteiger charge is 2.08. The Morgan fingerprint density at radius 1 is 1.35 bits per heavy atom. The fourth-order valence-electron chi connectivity index (χ4n) is 1.48. The first-order valence-corrected chi connectivity index (χ1v) is 6.57. The molecule has 0 aliphatic rings. The molecule has 0 aliphatic carbocycles. The first kappa shape index (κ1) is 16.3. The lowest BCUT2D eigenvalue weighted by atomic mass is 10.2. The van der Waals surface area contributed by atoms with Crippen LogP contribution in [0.3, 0.4) is 0 Å². The van der Waals surface area contributed by atoms with Gasteiger partial charge in [-0.2, -0.15) is 0 Å². The van der Waals surface area contributed by atoms with E-state index >= 15 is 0 Å². The van der Waals surface area contributed by atoms with Crippen molar-refractivity contribution in [3.05, 3.63) is 28.8 Å². The number of carboxylic acids is 1. The van der Waals surface area contributed by atoms with Crippen molar-refractivity contribution in [2.24, 2.45) is 0 Å². The highest BCUT2D eigenvalue weighted by molar-refractivity contribution is 6.31. The zero-order chi connectivity index (χ0) is 15.0. The Balaban J connectivity index is 2.47. The van der Waals surface area contributed by atoms with E-state index in [9.17, 15) is 9.59 Å². The summed E-state index contributed by atoms with van der Waals surface area (Å²) >= 11 is 5.79. The summed E-state index contributed by atoms with van der Waals surface area (Å²) in [5.41, 5.74) is 0.348. The molecule has 0 aromatic heterocycles. The summed E-state index contributed by atoms with van der Waals surface area (Å²) in [4.78, 5) is 22.4. The number of rotatable bonds is 7. The molecule has 20 heavy (non-hydrogen) atoms. The molecule has 0 spiro atoms. The molecule has 1 aromatic carbocycles. The van der Waals surface area contributed by atoms with Gasteiger partial charge in [-0.15, -0.1) is 0 Å². The standard InChI is InChI=1S/C13H17ClN2O4/c1-2-20-5-3-4-15-13(19)16-11-7-9(12(17)18)6-10(14)8-11/h6-8H,2-5H2,1H3,(H,17,18)(H2,15,16,19). The van der Waals surface area contributed by atoms with Gasteiger partial charge in [0, 0.05) is 30.5 Å². The Bertz CT molecular complexity index is 479. The molecule has 0 bridgehead atoms. The fourth-order valence-corrected chi connectivity index (χ4v) is 1.72. The number of benzene rings is 1. The minimum absolute atomic E-state index is 0.0177. The van der Waals surface area contributed by atoms with Crippen LogP contribution in [0, 0.1) is 0 Å². The summed E-state index contributed by atoms with van der Waals surface area (Å²) < 4.78 is 5.14. The van der Waals surface area contributed by atoms with E-state index in [1.165, 1.54) is 18.2 Å². The number of nitrogens with one attached hydrogen (secondary N) is 2. The summed E-state index contributed by atoms with van der Waals surface area (Å²) in [6, 6.07) is 3.72. The van der Waals surface area contributed by atoms with E-state index in [-0.39, 0.29) is 10.6 Å². The zero-order valence-corrected chi connectivity index (χ0v) is 11.9. The highest BCUT2D eigenvalue weighted by atomic mass is 35.5. The van der Waals surface area contributed by atoms with Crippen LogP contribution in [0.5, 0.6) is 0 Å². The van der Waals surface area contributed by atoms with Gasteiger partial charge in [0.15, 0.2) is 0 Å². The third-order valence-corrected chi connectivity index (χ3v) is 2.58. The predicted octanol–water partition coefficient (Wildman–Crippen LogP) is 2.59. The van der Waals surface area contributed by atoms with Gasteiger partial charge in [0.2, 0.25) is 0 Å². The van der Waals surface area contributed by atoms with Crippen molar-refractivity contribution in [1.29, 1.82) is 0 Å². The smallest absolute Gasteiger partial charge is 0.335 e. The van der Waals surface area contributed by atoms with Crippen molar-refractivity contribution in [3.63, 3.8) is 0 Å². The second kappa shape index (κ2) is 8.39. The van der Waals surface area contributed by atoms with E-state index in [1.807, 2.05) is 6.92 Å². The number of carboxylic acid groups (broad SMARTS) is 1. The van der Waals surface area contributed by atoms with Crippen LogP contribution in [-0.4, -0.2) is 36.9 Å². The van der Waals surface area contributed by atoms with Gasteiger partial charge < -0.3 is 20.5 Å². The molecule has 110 valence electrons. The number of halogens is 1. The van der Waals surface area contributed by atoms with Gasteiger partial charge in [-0.3, -0.25) is 0 Å². The lowest BCUT2D eigenvalue weighted by molar-refractivity contribution is 0.0697.